The average molecular weight is 307 g/mol. The highest BCUT2D eigenvalue weighted by atomic mass is 16.6. The molecule has 0 spiro atoms. The van der Waals surface area contributed by atoms with Crippen LogP contribution in [0, 0.1) is 17.0 Å². The van der Waals surface area contributed by atoms with Crippen molar-refractivity contribution in [2.24, 2.45) is 0 Å². The van der Waals surface area contributed by atoms with Crippen LogP contribution in [0.5, 0.6) is 0 Å². The number of aryl methyl sites for hydroxylation is 1. The molecule has 0 bridgehead atoms. The number of piperazine rings is 1. The number of likely N-dealkylation sites (N-methyl/N-ethyl adjacent to an activating group) is 1. The minimum Gasteiger partial charge on any atom is -0.355 e. The van der Waals surface area contributed by atoms with Gasteiger partial charge in [0.25, 0.3) is 0 Å². The SMILES string of the molecule is CCN1CCN(C(=O)CNc2nc(C)ccc2[N+](=O)[O-])CC1. The van der Waals surface area contributed by atoms with E-state index in [2.05, 4.69) is 22.1 Å². The third-order valence-electron chi connectivity index (χ3n) is 3.79. The van der Waals surface area contributed by atoms with E-state index in [0.29, 0.717) is 18.8 Å². The summed E-state index contributed by atoms with van der Waals surface area (Å²) in [5, 5.41) is 13.8. The smallest absolute Gasteiger partial charge is 0.311 e. The zero-order valence-corrected chi connectivity index (χ0v) is 12.9. The van der Waals surface area contributed by atoms with Crippen molar-refractivity contribution in [3.8, 4) is 0 Å². The summed E-state index contributed by atoms with van der Waals surface area (Å²) in [5.74, 6) is 0.0823. The van der Waals surface area contributed by atoms with Crippen LogP contribution in [0.1, 0.15) is 12.6 Å². The number of nitrogens with zero attached hydrogens (tertiary/aromatic N) is 4. The summed E-state index contributed by atoms with van der Waals surface area (Å²) in [6, 6.07) is 2.98. The minimum absolute atomic E-state index is 0.0173. The third kappa shape index (κ3) is 3.91. The number of nitrogens with one attached hydrogen (secondary N) is 1. The maximum Gasteiger partial charge on any atom is 0.311 e. The number of aromatic nitrogens is 1. The largest absolute Gasteiger partial charge is 0.355 e. The number of hydrogen-bond donors (Lipinski definition) is 1. The van der Waals surface area contributed by atoms with Gasteiger partial charge in [0.2, 0.25) is 11.7 Å². The van der Waals surface area contributed by atoms with Crippen molar-refractivity contribution in [3.05, 3.63) is 27.9 Å². The van der Waals surface area contributed by atoms with Crippen LogP contribution in [-0.4, -0.2) is 64.9 Å². The summed E-state index contributed by atoms with van der Waals surface area (Å²) >= 11 is 0. The lowest BCUT2D eigenvalue weighted by atomic mass is 10.3. The first-order valence-corrected chi connectivity index (χ1v) is 7.37. The van der Waals surface area contributed by atoms with Crippen molar-refractivity contribution >= 4 is 17.4 Å². The molecule has 22 heavy (non-hydrogen) atoms. The van der Waals surface area contributed by atoms with Crippen molar-refractivity contribution < 1.29 is 9.72 Å². The Labute approximate surface area is 129 Å². The molecule has 1 N–H and O–H groups in total. The molecule has 120 valence electrons. The highest BCUT2D eigenvalue weighted by molar-refractivity contribution is 5.81. The Bertz CT molecular complexity index is 555. The van der Waals surface area contributed by atoms with Crippen molar-refractivity contribution in [3.63, 3.8) is 0 Å². The molecule has 0 atom stereocenters. The molecule has 1 saturated heterocycles. The van der Waals surface area contributed by atoms with Gasteiger partial charge < -0.3 is 15.1 Å². The first-order chi connectivity index (χ1) is 10.5. The number of anilines is 1. The van der Waals surface area contributed by atoms with E-state index in [-0.39, 0.29) is 24.0 Å². The molecular weight excluding hydrogens is 286 g/mol. The quantitative estimate of drug-likeness (QED) is 0.641. The summed E-state index contributed by atoms with van der Waals surface area (Å²) in [6.45, 7) is 7.97. The van der Waals surface area contributed by atoms with E-state index in [1.54, 1.807) is 17.9 Å². The fourth-order valence-electron chi connectivity index (χ4n) is 2.41. The normalized spacial score (nSPS) is 15.6. The third-order valence-corrected chi connectivity index (χ3v) is 3.79. The molecule has 0 saturated carbocycles. The van der Waals surface area contributed by atoms with E-state index >= 15 is 0 Å². The molecule has 1 aliphatic rings. The zero-order valence-electron chi connectivity index (χ0n) is 12.9. The Balaban J connectivity index is 1.94. The first-order valence-electron chi connectivity index (χ1n) is 7.37. The van der Waals surface area contributed by atoms with Gasteiger partial charge in [0.15, 0.2) is 0 Å². The second-order valence-corrected chi connectivity index (χ2v) is 5.25. The molecule has 8 nitrogen and oxygen atoms in total. The van der Waals surface area contributed by atoms with E-state index in [1.165, 1.54) is 6.07 Å². The second-order valence-electron chi connectivity index (χ2n) is 5.25. The molecule has 0 unspecified atom stereocenters. The molecule has 1 aliphatic heterocycles. The predicted molar refractivity (Wildman–Crippen MR) is 82.8 cm³/mol. The Morgan fingerprint density at radius 3 is 2.64 bits per heavy atom. The maximum absolute atomic E-state index is 12.2. The molecule has 2 rings (SSSR count). The van der Waals surface area contributed by atoms with Crippen LogP contribution in [0.25, 0.3) is 0 Å². The summed E-state index contributed by atoms with van der Waals surface area (Å²) in [6.07, 6.45) is 0. The molecule has 1 fully saturated rings. The second kappa shape index (κ2) is 7.17. The summed E-state index contributed by atoms with van der Waals surface area (Å²) < 4.78 is 0. The highest BCUT2D eigenvalue weighted by Gasteiger charge is 2.21. The number of nitro groups is 1. The molecule has 1 amide bonds. The van der Waals surface area contributed by atoms with E-state index in [4.69, 9.17) is 0 Å². The average Bonchev–Trinajstić information content (AvgIpc) is 2.52. The van der Waals surface area contributed by atoms with Gasteiger partial charge in [-0.05, 0) is 19.5 Å². The van der Waals surface area contributed by atoms with E-state index in [1.807, 2.05) is 0 Å². The van der Waals surface area contributed by atoms with Gasteiger partial charge in [0.05, 0.1) is 11.5 Å². The molecule has 0 aliphatic carbocycles. The summed E-state index contributed by atoms with van der Waals surface area (Å²) in [5.41, 5.74) is 0.548. The van der Waals surface area contributed by atoms with E-state index in [0.717, 1.165) is 19.6 Å². The lowest BCUT2D eigenvalue weighted by Crippen LogP contribution is -2.49. The minimum atomic E-state index is -0.501. The monoisotopic (exact) mass is 307 g/mol. The molecule has 2 heterocycles. The molecule has 1 aromatic rings. The Morgan fingerprint density at radius 1 is 1.36 bits per heavy atom. The Hall–Kier alpha value is -2.22. The lowest BCUT2D eigenvalue weighted by molar-refractivity contribution is -0.384. The Morgan fingerprint density at radius 2 is 2.05 bits per heavy atom. The molecule has 8 heteroatoms. The Kier molecular flexibility index (Phi) is 5.26. The summed E-state index contributed by atoms with van der Waals surface area (Å²) in [7, 11) is 0. The van der Waals surface area contributed by atoms with Gasteiger partial charge in [-0.15, -0.1) is 0 Å². The van der Waals surface area contributed by atoms with Gasteiger partial charge in [-0.2, -0.15) is 0 Å². The molecular formula is C14H21N5O3. The zero-order chi connectivity index (χ0) is 16.1. The van der Waals surface area contributed by atoms with Crippen LogP contribution in [0.3, 0.4) is 0 Å². The fourth-order valence-corrected chi connectivity index (χ4v) is 2.41. The summed E-state index contributed by atoms with van der Waals surface area (Å²) in [4.78, 5) is 30.8. The van der Waals surface area contributed by atoms with Crippen LogP contribution in [0.4, 0.5) is 11.5 Å². The van der Waals surface area contributed by atoms with Gasteiger partial charge >= 0.3 is 5.69 Å². The van der Waals surface area contributed by atoms with Gasteiger partial charge in [0.1, 0.15) is 0 Å². The van der Waals surface area contributed by atoms with Gasteiger partial charge in [-0.25, -0.2) is 4.98 Å². The van der Waals surface area contributed by atoms with Crippen LogP contribution in [0.15, 0.2) is 12.1 Å². The molecule has 1 aromatic heterocycles. The first kappa shape index (κ1) is 16.2. The number of rotatable bonds is 5. The standard InChI is InChI=1S/C14H21N5O3/c1-3-17-6-8-18(9-7-17)13(20)10-15-14-12(19(21)22)5-4-11(2)16-14/h4-5H,3,6-10H2,1-2H3,(H,15,16). The number of amides is 1. The van der Waals surface area contributed by atoms with Gasteiger partial charge in [0, 0.05) is 37.9 Å². The van der Waals surface area contributed by atoms with Crippen LogP contribution in [-0.2, 0) is 4.79 Å². The van der Waals surface area contributed by atoms with Crippen LogP contribution < -0.4 is 5.32 Å². The lowest BCUT2D eigenvalue weighted by Gasteiger charge is -2.34. The maximum atomic E-state index is 12.2. The van der Waals surface area contributed by atoms with Crippen LogP contribution >= 0.6 is 0 Å². The number of carbonyl (C=O) groups excluding carboxylic acids is 1. The number of pyridine rings is 1. The number of hydrogen-bond acceptors (Lipinski definition) is 6. The van der Waals surface area contributed by atoms with E-state index in [9.17, 15) is 14.9 Å². The fraction of sp³-hybridized carbons (Fsp3) is 0.571. The topological polar surface area (TPSA) is 91.6 Å². The predicted octanol–water partition coefficient (Wildman–Crippen LogP) is 0.874. The molecule has 0 radical (unpaired) electrons. The van der Waals surface area contributed by atoms with Crippen molar-refractivity contribution in [2.45, 2.75) is 13.8 Å². The van der Waals surface area contributed by atoms with Gasteiger partial charge in [-0.1, -0.05) is 6.92 Å². The van der Waals surface area contributed by atoms with E-state index < -0.39 is 4.92 Å². The van der Waals surface area contributed by atoms with Gasteiger partial charge in [-0.3, -0.25) is 14.9 Å². The van der Waals surface area contributed by atoms with Crippen molar-refractivity contribution in [1.29, 1.82) is 0 Å². The molecule has 0 aromatic carbocycles. The number of carbonyl (C=O) groups is 1. The van der Waals surface area contributed by atoms with Crippen LogP contribution in [0.2, 0.25) is 0 Å². The highest BCUT2D eigenvalue weighted by Crippen LogP contribution is 2.21. The van der Waals surface area contributed by atoms with Crippen molar-refractivity contribution in [2.75, 3.05) is 44.6 Å². The van der Waals surface area contributed by atoms with Crippen molar-refractivity contribution in [1.82, 2.24) is 14.8 Å².